The average Bonchev–Trinajstić information content (AvgIpc) is 2.78. The Bertz CT molecular complexity index is 517. The minimum atomic E-state index is -1.34. The van der Waals surface area contributed by atoms with E-state index in [1.807, 2.05) is 11.4 Å². The van der Waals surface area contributed by atoms with Crippen molar-refractivity contribution in [3.63, 3.8) is 0 Å². The molecule has 1 unspecified atom stereocenters. The van der Waals surface area contributed by atoms with E-state index < -0.39 is 23.2 Å². The second kappa shape index (κ2) is 4.52. The van der Waals surface area contributed by atoms with Crippen molar-refractivity contribution in [3.8, 4) is 0 Å². The third-order valence-electron chi connectivity index (χ3n) is 2.98. The third kappa shape index (κ3) is 2.58. The van der Waals surface area contributed by atoms with Crippen molar-refractivity contribution in [2.24, 2.45) is 0 Å². The molecule has 2 N–H and O–H groups in total. The van der Waals surface area contributed by atoms with Crippen LogP contribution in [-0.4, -0.2) is 22.8 Å². The molecule has 6 heteroatoms. The highest BCUT2D eigenvalue weighted by Gasteiger charge is 2.48. The molecular formula is C13H17NO4S. The first-order valence-electron chi connectivity index (χ1n) is 6.06. The van der Waals surface area contributed by atoms with Gasteiger partial charge in [-0.3, -0.25) is 0 Å². The maximum Gasteiger partial charge on any atom is 0.408 e. The summed E-state index contributed by atoms with van der Waals surface area (Å²) in [5.41, 5.74) is -1.00. The summed E-state index contributed by atoms with van der Waals surface area (Å²) >= 11 is 1.36. The zero-order valence-electron chi connectivity index (χ0n) is 11.1. The van der Waals surface area contributed by atoms with Crippen LogP contribution >= 0.6 is 11.3 Å². The largest absolute Gasteiger partial charge is 0.479 e. The molecule has 19 heavy (non-hydrogen) atoms. The highest BCUT2D eigenvalue weighted by Crippen LogP contribution is 2.41. The number of thiophene rings is 1. The zero-order valence-corrected chi connectivity index (χ0v) is 12.0. The van der Waals surface area contributed by atoms with Gasteiger partial charge in [0.25, 0.3) is 0 Å². The predicted molar refractivity (Wildman–Crippen MR) is 71.3 cm³/mol. The van der Waals surface area contributed by atoms with Gasteiger partial charge in [-0.25, -0.2) is 9.59 Å². The number of nitrogens with one attached hydrogen (secondary N) is 1. The fourth-order valence-corrected chi connectivity index (χ4v) is 3.33. The van der Waals surface area contributed by atoms with Gasteiger partial charge < -0.3 is 15.2 Å². The molecule has 1 heterocycles. The summed E-state index contributed by atoms with van der Waals surface area (Å²) in [5, 5.41) is 13.9. The van der Waals surface area contributed by atoms with Crippen molar-refractivity contribution < 1.29 is 19.4 Å². The molecule has 1 aromatic rings. The summed E-state index contributed by atoms with van der Waals surface area (Å²) in [7, 11) is 0. The van der Waals surface area contributed by atoms with Crippen LogP contribution in [0.1, 0.15) is 37.6 Å². The standard InChI is InChI=1S/C13H17NO4S/c1-12(2,3)18-11(17)14-13(10(15)16)6-4-8-5-7-19-9(8)13/h5,7H,4,6H2,1-3H3,(H,14,17)(H,15,16). The fraction of sp³-hybridized carbons (Fsp3) is 0.538. The van der Waals surface area contributed by atoms with Gasteiger partial charge >= 0.3 is 12.1 Å². The van der Waals surface area contributed by atoms with Gasteiger partial charge in [-0.2, -0.15) is 0 Å². The van der Waals surface area contributed by atoms with Gasteiger partial charge in [0.2, 0.25) is 0 Å². The Morgan fingerprint density at radius 2 is 2.16 bits per heavy atom. The maximum absolute atomic E-state index is 11.9. The molecular weight excluding hydrogens is 266 g/mol. The number of carboxylic acid groups (broad SMARTS) is 1. The first kappa shape index (κ1) is 13.9. The number of amides is 1. The van der Waals surface area contributed by atoms with Gasteiger partial charge in [0.15, 0.2) is 5.54 Å². The minimum absolute atomic E-state index is 0.365. The van der Waals surface area contributed by atoms with Crippen LogP contribution in [0.2, 0.25) is 0 Å². The van der Waals surface area contributed by atoms with Gasteiger partial charge in [0.05, 0.1) is 0 Å². The number of hydrogen-bond acceptors (Lipinski definition) is 4. The molecule has 0 saturated heterocycles. The van der Waals surface area contributed by atoms with E-state index in [-0.39, 0.29) is 0 Å². The van der Waals surface area contributed by atoms with Gasteiger partial charge in [-0.15, -0.1) is 11.3 Å². The molecule has 0 spiro atoms. The topological polar surface area (TPSA) is 75.6 Å². The lowest BCUT2D eigenvalue weighted by atomic mass is 9.99. The highest BCUT2D eigenvalue weighted by atomic mass is 32.1. The molecule has 0 saturated carbocycles. The number of carbonyl (C=O) groups is 2. The van der Waals surface area contributed by atoms with Crippen LogP contribution in [0.5, 0.6) is 0 Å². The van der Waals surface area contributed by atoms with Crippen molar-refractivity contribution >= 4 is 23.4 Å². The van der Waals surface area contributed by atoms with E-state index >= 15 is 0 Å². The van der Waals surface area contributed by atoms with Crippen LogP contribution in [0.4, 0.5) is 4.79 Å². The first-order valence-corrected chi connectivity index (χ1v) is 6.94. The van der Waals surface area contributed by atoms with E-state index in [1.54, 1.807) is 20.8 Å². The minimum Gasteiger partial charge on any atom is -0.479 e. The number of rotatable bonds is 2. The summed E-state index contributed by atoms with van der Waals surface area (Å²) in [4.78, 5) is 24.2. The maximum atomic E-state index is 11.9. The normalized spacial score (nSPS) is 21.8. The smallest absolute Gasteiger partial charge is 0.408 e. The quantitative estimate of drug-likeness (QED) is 0.874. The Morgan fingerprint density at radius 3 is 2.74 bits per heavy atom. The number of carboxylic acids is 1. The predicted octanol–water partition coefficient (Wildman–Crippen LogP) is 2.50. The number of carbonyl (C=O) groups excluding carboxylic acids is 1. The van der Waals surface area contributed by atoms with E-state index in [0.29, 0.717) is 17.7 Å². The molecule has 1 aliphatic carbocycles. The summed E-state index contributed by atoms with van der Waals surface area (Å²) < 4.78 is 5.16. The lowest BCUT2D eigenvalue weighted by molar-refractivity contribution is -0.145. The number of ether oxygens (including phenoxy) is 1. The van der Waals surface area contributed by atoms with Gasteiger partial charge in [0.1, 0.15) is 5.60 Å². The third-order valence-corrected chi connectivity index (χ3v) is 4.10. The Kier molecular flexibility index (Phi) is 3.30. The monoisotopic (exact) mass is 283 g/mol. The van der Waals surface area contributed by atoms with Crippen molar-refractivity contribution in [2.75, 3.05) is 0 Å². The summed E-state index contributed by atoms with van der Waals surface area (Å²) in [5.74, 6) is -1.04. The molecule has 1 atom stereocenters. The van der Waals surface area contributed by atoms with Crippen molar-refractivity contribution in [1.82, 2.24) is 5.32 Å². The van der Waals surface area contributed by atoms with Crippen LogP contribution < -0.4 is 5.32 Å². The lowest BCUT2D eigenvalue weighted by Crippen LogP contribution is -2.51. The molecule has 1 amide bonds. The SMILES string of the molecule is CC(C)(C)OC(=O)NC1(C(=O)O)CCc2ccsc21. The number of alkyl carbamates (subject to hydrolysis) is 1. The first-order chi connectivity index (χ1) is 8.74. The van der Waals surface area contributed by atoms with Crippen molar-refractivity contribution in [3.05, 3.63) is 21.9 Å². The molecule has 0 bridgehead atoms. The Balaban J connectivity index is 2.24. The number of hydrogen-bond donors (Lipinski definition) is 2. The Labute approximate surface area is 115 Å². The number of aliphatic carboxylic acids is 1. The van der Waals surface area contributed by atoms with Crippen LogP contribution in [0.15, 0.2) is 11.4 Å². The number of fused-ring (bicyclic) bond motifs is 1. The average molecular weight is 283 g/mol. The second-order valence-electron chi connectivity index (χ2n) is 5.61. The van der Waals surface area contributed by atoms with Crippen LogP contribution in [-0.2, 0) is 21.5 Å². The molecule has 1 aliphatic rings. The number of aryl methyl sites for hydroxylation is 1. The molecule has 104 valence electrons. The van der Waals surface area contributed by atoms with E-state index in [1.165, 1.54) is 11.3 Å². The second-order valence-corrected chi connectivity index (χ2v) is 6.53. The van der Waals surface area contributed by atoms with Crippen molar-refractivity contribution in [2.45, 2.75) is 44.8 Å². The van der Waals surface area contributed by atoms with Gasteiger partial charge in [0, 0.05) is 4.88 Å². The van der Waals surface area contributed by atoms with Crippen LogP contribution in [0.25, 0.3) is 0 Å². The molecule has 5 nitrogen and oxygen atoms in total. The molecule has 2 rings (SSSR count). The van der Waals surface area contributed by atoms with E-state index in [0.717, 1.165) is 5.56 Å². The fourth-order valence-electron chi connectivity index (χ4n) is 2.20. The van der Waals surface area contributed by atoms with Crippen molar-refractivity contribution in [1.29, 1.82) is 0 Å². The van der Waals surface area contributed by atoms with E-state index in [9.17, 15) is 14.7 Å². The van der Waals surface area contributed by atoms with Crippen LogP contribution in [0.3, 0.4) is 0 Å². The molecule has 0 aromatic carbocycles. The van der Waals surface area contributed by atoms with Gasteiger partial charge in [-0.05, 0) is 50.6 Å². The molecule has 0 fully saturated rings. The van der Waals surface area contributed by atoms with E-state index in [2.05, 4.69) is 5.32 Å². The van der Waals surface area contributed by atoms with Gasteiger partial charge in [-0.1, -0.05) is 0 Å². The molecule has 1 aromatic heterocycles. The summed E-state index contributed by atoms with van der Waals surface area (Å²) in [6.45, 7) is 5.22. The lowest BCUT2D eigenvalue weighted by Gasteiger charge is -2.28. The molecule has 0 aliphatic heterocycles. The van der Waals surface area contributed by atoms with Crippen LogP contribution in [0, 0.1) is 0 Å². The van der Waals surface area contributed by atoms with E-state index in [4.69, 9.17) is 4.74 Å². The summed E-state index contributed by atoms with van der Waals surface area (Å²) in [6, 6.07) is 1.90. The zero-order chi connectivity index (χ0) is 14.3. The summed E-state index contributed by atoms with van der Waals surface area (Å²) in [6.07, 6.45) is 0.320. The Morgan fingerprint density at radius 1 is 1.47 bits per heavy atom. The Hall–Kier alpha value is -1.56. The highest BCUT2D eigenvalue weighted by molar-refractivity contribution is 7.10. The molecule has 0 radical (unpaired) electrons.